The molecular weight excluding hydrogens is 212 g/mol. The number of nitrogens with two attached hydrogens (primary N) is 1. The monoisotopic (exact) mass is 236 g/mol. The molecule has 0 aliphatic rings. The van der Waals surface area contributed by atoms with Crippen molar-refractivity contribution < 1.29 is 4.74 Å². The van der Waals surface area contributed by atoms with Crippen molar-refractivity contribution in [2.75, 3.05) is 20.2 Å². The smallest absolute Gasteiger partial charge is 0.122 e. The van der Waals surface area contributed by atoms with Gasteiger partial charge in [0.15, 0.2) is 0 Å². The molecule has 1 aromatic rings. The molecule has 0 heterocycles. The van der Waals surface area contributed by atoms with Gasteiger partial charge in [-0.25, -0.2) is 0 Å². The third kappa shape index (κ3) is 4.02. The Hall–Kier alpha value is -1.06. The SMILES string of the molecule is CCOc1ccc(CN(C)C(C)CN)cc1C. The van der Waals surface area contributed by atoms with Gasteiger partial charge in [-0.15, -0.1) is 0 Å². The fraction of sp³-hybridized carbons (Fsp3) is 0.571. The lowest BCUT2D eigenvalue weighted by molar-refractivity contribution is 0.254. The van der Waals surface area contributed by atoms with Gasteiger partial charge >= 0.3 is 0 Å². The van der Waals surface area contributed by atoms with Crippen LogP contribution in [0.2, 0.25) is 0 Å². The van der Waals surface area contributed by atoms with Crippen LogP contribution in [0.3, 0.4) is 0 Å². The molecule has 3 nitrogen and oxygen atoms in total. The number of nitrogens with zero attached hydrogens (tertiary/aromatic N) is 1. The largest absolute Gasteiger partial charge is 0.494 e. The van der Waals surface area contributed by atoms with E-state index in [1.165, 1.54) is 11.1 Å². The summed E-state index contributed by atoms with van der Waals surface area (Å²) >= 11 is 0. The average molecular weight is 236 g/mol. The molecular formula is C14H24N2O. The fourth-order valence-corrected chi connectivity index (χ4v) is 1.75. The predicted octanol–water partition coefficient (Wildman–Crippen LogP) is 2.17. The summed E-state index contributed by atoms with van der Waals surface area (Å²) in [6.07, 6.45) is 0. The normalized spacial score (nSPS) is 12.8. The summed E-state index contributed by atoms with van der Waals surface area (Å²) in [5.74, 6) is 0.978. The van der Waals surface area contributed by atoms with Crippen molar-refractivity contribution in [2.24, 2.45) is 5.73 Å². The molecule has 0 amide bonds. The predicted molar refractivity (Wildman–Crippen MR) is 72.3 cm³/mol. The lowest BCUT2D eigenvalue weighted by atomic mass is 10.1. The summed E-state index contributed by atoms with van der Waals surface area (Å²) in [5.41, 5.74) is 8.15. The van der Waals surface area contributed by atoms with E-state index in [2.05, 4.69) is 44.0 Å². The third-order valence-electron chi connectivity index (χ3n) is 3.06. The second-order valence-electron chi connectivity index (χ2n) is 4.53. The Labute approximate surface area is 105 Å². The van der Waals surface area contributed by atoms with Gasteiger partial charge in [0.25, 0.3) is 0 Å². The lowest BCUT2D eigenvalue weighted by Crippen LogP contribution is -2.34. The van der Waals surface area contributed by atoms with Gasteiger partial charge < -0.3 is 10.5 Å². The van der Waals surface area contributed by atoms with Gasteiger partial charge in [-0.2, -0.15) is 0 Å². The van der Waals surface area contributed by atoms with Gasteiger partial charge in [-0.05, 0) is 45.0 Å². The molecule has 1 atom stereocenters. The van der Waals surface area contributed by atoms with Crippen LogP contribution in [0.25, 0.3) is 0 Å². The summed E-state index contributed by atoms with van der Waals surface area (Å²) in [5, 5.41) is 0. The minimum absolute atomic E-state index is 0.405. The maximum absolute atomic E-state index is 5.66. The number of ether oxygens (including phenoxy) is 1. The van der Waals surface area contributed by atoms with E-state index in [1.807, 2.05) is 6.92 Å². The molecule has 2 N–H and O–H groups in total. The molecule has 1 unspecified atom stereocenters. The summed E-state index contributed by atoms with van der Waals surface area (Å²) in [6.45, 7) is 8.55. The molecule has 3 heteroatoms. The Morgan fingerprint density at radius 2 is 2.12 bits per heavy atom. The van der Waals surface area contributed by atoms with E-state index in [1.54, 1.807) is 0 Å². The molecule has 96 valence electrons. The number of rotatable bonds is 6. The Kier molecular flexibility index (Phi) is 5.45. The van der Waals surface area contributed by atoms with Gasteiger partial charge in [-0.3, -0.25) is 4.90 Å². The van der Waals surface area contributed by atoms with Crippen LogP contribution in [-0.4, -0.2) is 31.1 Å². The van der Waals surface area contributed by atoms with Crippen LogP contribution in [0.4, 0.5) is 0 Å². The van der Waals surface area contributed by atoms with E-state index >= 15 is 0 Å². The standard InChI is InChI=1S/C14H24N2O/c1-5-17-14-7-6-13(8-11(14)2)10-16(4)12(3)9-15/h6-8,12H,5,9-10,15H2,1-4H3. The first-order valence-corrected chi connectivity index (χ1v) is 6.21. The summed E-state index contributed by atoms with van der Waals surface area (Å²) in [6, 6.07) is 6.76. The van der Waals surface area contributed by atoms with Gasteiger partial charge in [0.05, 0.1) is 6.61 Å². The van der Waals surface area contributed by atoms with E-state index in [-0.39, 0.29) is 0 Å². The highest BCUT2D eigenvalue weighted by Gasteiger charge is 2.08. The molecule has 1 aromatic carbocycles. The zero-order valence-corrected chi connectivity index (χ0v) is 11.4. The molecule has 0 fully saturated rings. The van der Waals surface area contributed by atoms with E-state index in [0.717, 1.165) is 12.3 Å². The van der Waals surface area contributed by atoms with E-state index in [4.69, 9.17) is 10.5 Å². The number of benzene rings is 1. The van der Waals surface area contributed by atoms with Gasteiger partial charge in [0.2, 0.25) is 0 Å². The van der Waals surface area contributed by atoms with E-state index < -0.39 is 0 Å². The van der Waals surface area contributed by atoms with Crippen LogP contribution in [0.5, 0.6) is 5.75 Å². The van der Waals surface area contributed by atoms with Crippen molar-refractivity contribution in [1.29, 1.82) is 0 Å². The zero-order valence-electron chi connectivity index (χ0n) is 11.4. The second kappa shape index (κ2) is 6.62. The van der Waals surface area contributed by atoms with Crippen molar-refractivity contribution in [3.05, 3.63) is 29.3 Å². The summed E-state index contributed by atoms with van der Waals surface area (Å²) < 4.78 is 5.53. The topological polar surface area (TPSA) is 38.5 Å². The van der Waals surface area contributed by atoms with Gasteiger partial charge in [0.1, 0.15) is 5.75 Å². The minimum Gasteiger partial charge on any atom is -0.494 e. The van der Waals surface area contributed by atoms with Crippen LogP contribution in [0, 0.1) is 6.92 Å². The molecule has 1 rings (SSSR count). The van der Waals surface area contributed by atoms with Gasteiger partial charge in [0, 0.05) is 19.1 Å². The van der Waals surface area contributed by atoms with Crippen molar-refractivity contribution in [1.82, 2.24) is 4.90 Å². The van der Waals surface area contributed by atoms with Crippen LogP contribution in [0.1, 0.15) is 25.0 Å². The molecule has 17 heavy (non-hydrogen) atoms. The third-order valence-corrected chi connectivity index (χ3v) is 3.06. The molecule has 0 saturated carbocycles. The first-order chi connectivity index (χ1) is 8.08. The number of aryl methyl sites for hydroxylation is 1. The number of likely N-dealkylation sites (N-methyl/N-ethyl adjacent to an activating group) is 1. The van der Waals surface area contributed by atoms with Crippen LogP contribution in [-0.2, 0) is 6.54 Å². The molecule has 0 aliphatic carbocycles. The quantitative estimate of drug-likeness (QED) is 0.822. The Morgan fingerprint density at radius 1 is 1.41 bits per heavy atom. The van der Waals surface area contributed by atoms with Crippen LogP contribution in [0.15, 0.2) is 18.2 Å². The fourth-order valence-electron chi connectivity index (χ4n) is 1.75. The summed E-state index contributed by atoms with van der Waals surface area (Å²) in [7, 11) is 2.10. The number of hydrogen-bond donors (Lipinski definition) is 1. The maximum Gasteiger partial charge on any atom is 0.122 e. The van der Waals surface area contributed by atoms with E-state index in [9.17, 15) is 0 Å². The zero-order chi connectivity index (χ0) is 12.8. The van der Waals surface area contributed by atoms with Crippen LogP contribution < -0.4 is 10.5 Å². The second-order valence-corrected chi connectivity index (χ2v) is 4.53. The molecule has 0 radical (unpaired) electrons. The minimum atomic E-state index is 0.405. The Morgan fingerprint density at radius 3 is 2.65 bits per heavy atom. The number of hydrogen-bond acceptors (Lipinski definition) is 3. The highest BCUT2D eigenvalue weighted by atomic mass is 16.5. The average Bonchev–Trinajstić information content (AvgIpc) is 2.31. The van der Waals surface area contributed by atoms with Crippen molar-refractivity contribution in [3.63, 3.8) is 0 Å². The molecule has 0 aliphatic heterocycles. The van der Waals surface area contributed by atoms with Crippen molar-refractivity contribution in [3.8, 4) is 5.75 Å². The highest BCUT2D eigenvalue weighted by molar-refractivity contribution is 5.36. The van der Waals surface area contributed by atoms with Crippen molar-refractivity contribution in [2.45, 2.75) is 33.4 Å². The van der Waals surface area contributed by atoms with Gasteiger partial charge in [-0.1, -0.05) is 12.1 Å². The van der Waals surface area contributed by atoms with Crippen LogP contribution >= 0.6 is 0 Å². The molecule has 0 saturated heterocycles. The molecule has 0 aromatic heterocycles. The Bertz CT molecular complexity index is 352. The molecule has 0 spiro atoms. The molecule has 0 bridgehead atoms. The summed E-state index contributed by atoms with van der Waals surface area (Å²) in [4.78, 5) is 2.26. The van der Waals surface area contributed by atoms with Crippen molar-refractivity contribution >= 4 is 0 Å². The first-order valence-electron chi connectivity index (χ1n) is 6.21. The highest BCUT2D eigenvalue weighted by Crippen LogP contribution is 2.20. The maximum atomic E-state index is 5.66. The Balaban J connectivity index is 2.70. The lowest BCUT2D eigenvalue weighted by Gasteiger charge is -2.23. The van der Waals surface area contributed by atoms with E-state index in [0.29, 0.717) is 19.2 Å². The first kappa shape index (κ1) is 14.0.